The number of thiophene rings is 1. The summed E-state index contributed by atoms with van der Waals surface area (Å²) in [6, 6.07) is 14.8. The minimum Gasteiger partial charge on any atom is -0.349 e. The molecule has 1 atom stereocenters. The summed E-state index contributed by atoms with van der Waals surface area (Å²) in [6.07, 6.45) is 0. The van der Waals surface area contributed by atoms with E-state index in [1.807, 2.05) is 20.8 Å². The fourth-order valence-electron chi connectivity index (χ4n) is 3.30. The molecule has 0 aliphatic heterocycles. The third-order valence-electron chi connectivity index (χ3n) is 4.72. The molecule has 0 fully saturated rings. The molecule has 178 valence electrons. The van der Waals surface area contributed by atoms with Gasteiger partial charge in [-0.1, -0.05) is 48.0 Å². The number of hydrogen-bond donors (Lipinski definition) is 2. The van der Waals surface area contributed by atoms with E-state index in [1.165, 1.54) is 28.4 Å². The van der Waals surface area contributed by atoms with Gasteiger partial charge in [-0.2, -0.15) is 0 Å². The van der Waals surface area contributed by atoms with Gasteiger partial charge in [-0.05, 0) is 56.0 Å². The zero-order valence-electron chi connectivity index (χ0n) is 19.0. The number of nitrogens with one attached hydrogen (secondary N) is 2. The highest BCUT2D eigenvalue weighted by atomic mass is 35.5. The van der Waals surface area contributed by atoms with Crippen molar-refractivity contribution in [2.24, 2.45) is 0 Å². The first kappa shape index (κ1) is 25.4. The van der Waals surface area contributed by atoms with Crippen LogP contribution in [0, 0.1) is 5.82 Å². The van der Waals surface area contributed by atoms with Gasteiger partial charge in [-0.15, -0.1) is 11.3 Å². The number of nitrogens with zero attached hydrogens (tertiary/aromatic N) is 1. The van der Waals surface area contributed by atoms with Gasteiger partial charge < -0.3 is 10.6 Å². The summed E-state index contributed by atoms with van der Waals surface area (Å²) >= 11 is 7.26. The molecule has 0 saturated carbocycles. The Morgan fingerprint density at radius 3 is 2.35 bits per heavy atom. The lowest BCUT2D eigenvalue weighted by atomic mass is 10.0. The molecule has 2 aromatic carbocycles. The molecule has 0 spiro atoms. The molecule has 0 bridgehead atoms. The molecule has 0 aliphatic rings. The lowest BCUT2D eigenvalue weighted by Crippen LogP contribution is -2.51. The van der Waals surface area contributed by atoms with Crippen molar-refractivity contribution in [1.29, 1.82) is 0 Å². The Balaban J connectivity index is 2.03. The Morgan fingerprint density at radius 2 is 1.76 bits per heavy atom. The van der Waals surface area contributed by atoms with Gasteiger partial charge in [0.15, 0.2) is 0 Å². The summed E-state index contributed by atoms with van der Waals surface area (Å²) in [5.41, 5.74) is 0.189. The van der Waals surface area contributed by atoms with Gasteiger partial charge in [-0.25, -0.2) is 4.39 Å². The second-order valence-electron chi connectivity index (χ2n) is 8.57. The molecule has 0 radical (unpaired) electrons. The molecule has 3 aromatic rings. The second-order valence-corrected chi connectivity index (χ2v) is 9.93. The zero-order chi connectivity index (χ0) is 24.9. The predicted molar refractivity (Wildman–Crippen MR) is 133 cm³/mol. The van der Waals surface area contributed by atoms with E-state index in [0.29, 0.717) is 10.4 Å². The maximum Gasteiger partial charge on any atom is 0.261 e. The van der Waals surface area contributed by atoms with Crippen LogP contribution in [0.15, 0.2) is 66.0 Å². The Hall–Kier alpha value is -3.23. The first-order valence-electron chi connectivity index (χ1n) is 10.5. The molecule has 0 saturated heterocycles. The van der Waals surface area contributed by atoms with E-state index in [4.69, 9.17) is 11.6 Å². The monoisotopic (exact) mass is 501 g/mol. The molecular formula is C25H25ClFN3O3S. The Bertz CT molecular complexity index is 1160. The van der Waals surface area contributed by atoms with E-state index in [0.717, 1.165) is 6.07 Å². The molecular weight excluding hydrogens is 477 g/mol. The molecule has 3 amide bonds. The van der Waals surface area contributed by atoms with E-state index in [2.05, 4.69) is 10.6 Å². The van der Waals surface area contributed by atoms with E-state index in [9.17, 15) is 18.8 Å². The minimum absolute atomic E-state index is 0.194. The van der Waals surface area contributed by atoms with Gasteiger partial charge in [0.25, 0.3) is 5.91 Å². The van der Waals surface area contributed by atoms with Crippen LogP contribution < -0.4 is 15.5 Å². The number of amides is 3. The van der Waals surface area contributed by atoms with Crippen LogP contribution in [0.1, 0.15) is 42.0 Å². The van der Waals surface area contributed by atoms with E-state index >= 15 is 0 Å². The predicted octanol–water partition coefficient (Wildman–Crippen LogP) is 4.96. The summed E-state index contributed by atoms with van der Waals surface area (Å²) in [7, 11) is 0. The summed E-state index contributed by atoms with van der Waals surface area (Å²) in [5, 5.41) is 7.07. The largest absolute Gasteiger partial charge is 0.349 e. The smallest absolute Gasteiger partial charge is 0.261 e. The summed E-state index contributed by atoms with van der Waals surface area (Å²) < 4.78 is 13.9. The SMILES string of the molecule is CC(C)(C)NC(=O)C(c1ccccc1)N(C(=O)CNC(=O)c1cccs1)c1ccc(F)c(Cl)c1. The van der Waals surface area contributed by atoms with Crippen molar-refractivity contribution in [2.75, 3.05) is 11.4 Å². The quantitative estimate of drug-likeness (QED) is 0.480. The van der Waals surface area contributed by atoms with Crippen LogP contribution in [0.2, 0.25) is 5.02 Å². The topological polar surface area (TPSA) is 78.5 Å². The number of carbonyl (C=O) groups is 3. The molecule has 6 nitrogen and oxygen atoms in total. The number of halogens is 2. The van der Waals surface area contributed by atoms with Crippen molar-refractivity contribution >= 4 is 46.3 Å². The fourth-order valence-corrected chi connectivity index (χ4v) is 4.11. The van der Waals surface area contributed by atoms with E-state index in [1.54, 1.807) is 47.8 Å². The molecule has 2 N–H and O–H groups in total. The Labute approximate surface area is 206 Å². The highest BCUT2D eigenvalue weighted by molar-refractivity contribution is 7.12. The van der Waals surface area contributed by atoms with Gasteiger partial charge >= 0.3 is 0 Å². The molecule has 34 heavy (non-hydrogen) atoms. The summed E-state index contributed by atoms with van der Waals surface area (Å²) in [6.45, 7) is 5.11. The van der Waals surface area contributed by atoms with Crippen LogP contribution in [-0.4, -0.2) is 29.8 Å². The number of hydrogen-bond acceptors (Lipinski definition) is 4. The number of benzene rings is 2. The van der Waals surface area contributed by atoms with Crippen LogP contribution in [0.25, 0.3) is 0 Å². The second kappa shape index (κ2) is 10.8. The fraction of sp³-hybridized carbons (Fsp3) is 0.240. The zero-order valence-corrected chi connectivity index (χ0v) is 20.5. The van der Waals surface area contributed by atoms with E-state index in [-0.39, 0.29) is 17.3 Å². The Kier molecular flexibility index (Phi) is 8.06. The third-order valence-corrected chi connectivity index (χ3v) is 5.87. The molecule has 9 heteroatoms. The van der Waals surface area contributed by atoms with Crippen LogP contribution in [0.3, 0.4) is 0 Å². The normalized spacial score (nSPS) is 12.0. The van der Waals surface area contributed by atoms with Gasteiger partial charge in [0.2, 0.25) is 11.8 Å². The standard InChI is InChI=1S/C25H25ClFN3O3S/c1-25(2,3)29-24(33)22(16-8-5-4-6-9-16)30(17-11-12-19(27)18(26)14-17)21(31)15-28-23(32)20-10-7-13-34-20/h4-14,22H,15H2,1-3H3,(H,28,32)(H,29,33). The number of carbonyl (C=O) groups excluding carboxylic acids is 3. The van der Waals surface area contributed by atoms with Gasteiger partial charge in [0, 0.05) is 11.2 Å². The van der Waals surface area contributed by atoms with Crippen molar-refractivity contribution < 1.29 is 18.8 Å². The average Bonchev–Trinajstić information content (AvgIpc) is 3.32. The molecule has 3 rings (SSSR count). The number of rotatable bonds is 7. The minimum atomic E-state index is -1.09. The van der Waals surface area contributed by atoms with Crippen molar-refractivity contribution in [3.05, 3.63) is 87.3 Å². The molecule has 1 heterocycles. The van der Waals surface area contributed by atoms with Gasteiger partial charge in [-0.3, -0.25) is 19.3 Å². The van der Waals surface area contributed by atoms with Crippen LogP contribution >= 0.6 is 22.9 Å². The average molecular weight is 502 g/mol. The van der Waals surface area contributed by atoms with Crippen molar-refractivity contribution in [3.8, 4) is 0 Å². The first-order valence-corrected chi connectivity index (χ1v) is 11.8. The van der Waals surface area contributed by atoms with Crippen molar-refractivity contribution in [2.45, 2.75) is 32.4 Å². The maximum atomic E-state index is 13.9. The van der Waals surface area contributed by atoms with Crippen molar-refractivity contribution in [3.63, 3.8) is 0 Å². The molecule has 0 aliphatic carbocycles. The summed E-state index contributed by atoms with van der Waals surface area (Å²) in [4.78, 5) is 41.0. The third kappa shape index (κ3) is 6.42. The van der Waals surface area contributed by atoms with Crippen LogP contribution in [0.5, 0.6) is 0 Å². The lowest BCUT2D eigenvalue weighted by molar-refractivity contribution is -0.127. The Morgan fingerprint density at radius 1 is 1.06 bits per heavy atom. The van der Waals surface area contributed by atoms with Gasteiger partial charge in [0.1, 0.15) is 11.9 Å². The first-order chi connectivity index (χ1) is 16.1. The summed E-state index contributed by atoms with van der Waals surface area (Å²) in [5.74, 6) is -2.06. The van der Waals surface area contributed by atoms with Crippen molar-refractivity contribution in [1.82, 2.24) is 10.6 Å². The number of anilines is 1. The van der Waals surface area contributed by atoms with Crippen LogP contribution in [-0.2, 0) is 9.59 Å². The van der Waals surface area contributed by atoms with E-state index < -0.39 is 35.1 Å². The van der Waals surface area contributed by atoms with Crippen LogP contribution in [0.4, 0.5) is 10.1 Å². The molecule has 1 unspecified atom stereocenters. The lowest BCUT2D eigenvalue weighted by Gasteiger charge is -2.34. The highest BCUT2D eigenvalue weighted by Crippen LogP contribution is 2.31. The highest BCUT2D eigenvalue weighted by Gasteiger charge is 2.34. The maximum absolute atomic E-state index is 13.9. The van der Waals surface area contributed by atoms with Gasteiger partial charge in [0.05, 0.1) is 16.4 Å². The molecule has 1 aromatic heterocycles.